The highest BCUT2D eigenvalue weighted by Gasteiger charge is 2.10. The molecule has 0 fully saturated rings. The van der Waals surface area contributed by atoms with Crippen molar-refractivity contribution in [2.24, 2.45) is 5.73 Å². The molecule has 0 heterocycles. The van der Waals surface area contributed by atoms with Crippen molar-refractivity contribution in [3.8, 4) is 0 Å². The van der Waals surface area contributed by atoms with Gasteiger partial charge in [-0.15, -0.1) is 0 Å². The van der Waals surface area contributed by atoms with Crippen LogP contribution in [-0.2, 0) is 9.53 Å². The van der Waals surface area contributed by atoms with Crippen LogP contribution in [0.4, 0.5) is 0 Å². The number of amides is 1. The van der Waals surface area contributed by atoms with Gasteiger partial charge in [0.25, 0.3) is 0 Å². The Morgan fingerprint density at radius 1 is 1.54 bits per heavy atom. The number of rotatable bonds is 7. The minimum absolute atomic E-state index is 0.0378. The van der Waals surface area contributed by atoms with E-state index in [0.717, 1.165) is 0 Å². The lowest BCUT2D eigenvalue weighted by Crippen LogP contribution is -2.40. The monoisotopic (exact) mass is 192 g/mol. The van der Waals surface area contributed by atoms with Gasteiger partial charge in [0.2, 0.25) is 5.91 Å². The molecule has 0 bridgehead atoms. The summed E-state index contributed by atoms with van der Waals surface area (Å²) >= 11 is 0. The molecule has 0 aliphatic heterocycles. The number of carbonyl (C=O) groups is 1. The van der Waals surface area contributed by atoms with Crippen molar-refractivity contribution in [3.63, 3.8) is 0 Å². The van der Waals surface area contributed by atoms with Crippen LogP contribution in [0.1, 0.15) is 0 Å². The summed E-state index contributed by atoms with van der Waals surface area (Å²) in [6.07, 6.45) is -1.86. The first-order valence-corrected chi connectivity index (χ1v) is 3.93. The molecule has 13 heavy (non-hydrogen) atoms. The number of methoxy groups -OCH3 is 1. The van der Waals surface area contributed by atoms with Crippen LogP contribution in [0.25, 0.3) is 0 Å². The van der Waals surface area contributed by atoms with E-state index in [0.29, 0.717) is 0 Å². The molecular formula is C7H16N2O4. The maximum Gasteiger partial charge on any atom is 0.247 e. The molecule has 2 atom stereocenters. The predicted molar refractivity (Wildman–Crippen MR) is 46.0 cm³/mol. The van der Waals surface area contributed by atoms with Crippen LogP contribution in [0.15, 0.2) is 0 Å². The number of nitrogens with one attached hydrogen (secondary N) is 1. The minimum atomic E-state index is -1.21. The van der Waals surface area contributed by atoms with Crippen LogP contribution in [0.5, 0.6) is 0 Å². The van der Waals surface area contributed by atoms with Gasteiger partial charge < -0.3 is 26.0 Å². The fourth-order valence-electron chi connectivity index (χ4n) is 0.739. The van der Waals surface area contributed by atoms with Crippen molar-refractivity contribution in [1.29, 1.82) is 0 Å². The molecule has 0 aromatic carbocycles. The normalized spacial score (nSPS) is 15.3. The average Bonchev–Trinajstić information content (AvgIpc) is 2.04. The molecule has 1 amide bonds. The standard InChI is InChI=1S/C7H16N2O4/c1-13-4-5(10)2-9-3-6(11)7(8)12/h5-6,9-11H,2-4H2,1H3,(H2,8,12). The summed E-state index contributed by atoms with van der Waals surface area (Å²) in [6, 6.07) is 0. The molecule has 0 aliphatic rings. The van der Waals surface area contributed by atoms with E-state index in [1.54, 1.807) is 0 Å². The van der Waals surface area contributed by atoms with Crippen LogP contribution in [0, 0.1) is 0 Å². The molecule has 78 valence electrons. The highest BCUT2D eigenvalue weighted by molar-refractivity contribution is 5.78. The van der Waals surface area contributed by atoms with Gasteiger partial charge in [-0.05, 0) is 0 Å². The zero-order chi connectivity index (χ0) is 10.3. The van der Waals surface area contributed by atoms with Crippen LogP contribution in [-0.4, -0.2) is 55.1 Å². The predicted octanol–water partition coefficient (Wildman–Crippen LogP) is -2.57. The summed E-state index contributed by atoms with van der Waals surface area (Å²) in [5.74, 6) is -0.784. The number of primary amides is 1. The second-order valence-electron chi connectivity index (χ2n) is 2.69. The van der Waals surface area contributed by atoms with Gasteiger partial charge in [0.15, 0.2) is 0 Å². The van der Waals surface area contributed by atoms with Crippen molar-refractivity contribution < 1.29 is 19.7 Å². The fraction of sp³-hybridized carbons (Fsp3) is 0.857. The number of carbonyl (C=O) groups excluding carboxylic acids is 1. The zero-order valence-corrected chi connectivity index (χ0v) is 7.56. The van der Waals surface area contributed by atoms with Crippen LogP contribution < -0.4 is 11.1 Å². The number of aliphatic hydroxyl groups excluding tert-OH is 2. The van der Waals surface area contributed by atoms with E-state index < -0.39 is 18.1 Å². The quantitative estimate of drug-likeness (QED) is 0.355. The van der Waals surface area contributed by atoms with Crippen molar-refractivity contribution in [3.05, 3.63) is 0 Å². The maximum atomic E-state index is 10.3. The Hall–Kier alpha value is -0.690. The molecule has 0 aromatic heterocycles. The van der Waals surface area contributed by atoms with Crippen molar-refractivity contribution in [1.82, 2.24) is 5.32 Å². The second kappa shape index (κ2) is 6.79. The summed E-state index contributed by atoms with van der Waals surface area (Å²) in [5, 5.41) is 20.7. The van der Waals surface area contributed by atoms with Crippen molar-refractivity contribution >= 4 is 5.91 Å². The van der Waals surface area contributed by atoms with E-state index in [1.165, 1.54) is 7.11 Å². The molecule has 0 aliphatic carbocycles. The van der Waals surface area contributed by atoms with Gasteiger partial charge in [-0.25, -0.2) is 0 Å². The lowest BCUT2D eigenvalue weighted by molar-refractivity contribution is -0.125. The molecule has 6 nitrogen and oxygen atoms in total. The maximum absolute atomic E-state index is 10.3. The lowest BCUT2D eigenvalue weighted by Gasteiger charge is -2.12. The molecule has 0 rings (SSSR count). The Bertz CT molecular complexity index is 153. The van der Waals surface area contributed by atoms with Gasteiger partial charge in [0.05, 0.1) is 12.7 Å². The van der Waals surface area contributed by atoms with Crippen molar-refractivity contribution in [2.75, 3.05) is 26.8 Å². The topological polar surface area (TPSA) is 105 Å². The molecule has 0 spiro atoms. The first-order valence-electron chi connectivity index (χ1n) is 3.93. The number of ether oxygens (including phenoxy) is 1. The molecule has 6 heteroatoms. The molecule has 0 radical (unpaired) electrons. The zero-order valence-electron chi connectivity index (χ0n) is 7.56. The molecule has 0 aromatic rings. The lowest BCUT2D eigenvalue weighted by atomic mass is 10.3. The molecule has 0 saturated carbocycles. The summed E-state index contributed by atoms with van der Waals surface area (Å²) < 4.78 is 4.66. The van der Waals surface area contributed by atoms with Gasteiger partial charge in [-0.3, -0.25) is 4.79 Å². The van der Waals surface area contributed by atoms with E-state index >= 15 is 0 Å². The number of hydrogen-bond donors (Lipinski definition) is 4. The van der Waals surface area contributed by atoms with Gasteiger partial charge in [0.1, 0.15) is 6.10 Å². The average molecular weight is 192 g/mol. The second-order valence-corrected chi connectivity index (χ2v) is 2.69. The largest absolute Gasteiger partial charge is 0.389 e. The van der Waals surface area contributed by atoms with Crippen LogP contribution in [0.2, 0.25) is 0 Å². The number of nitrogens with two attached hydrogens (primary N) is 1. The number of hydrogen-bond acceptors (Lipinski definition) is 5. The van der Waals surface area contributed by atoms with E-state index in [4.69, 9.17) is 15.9 Å². The van der Waals surface area contributed by atoms with Crippen LogP contribution in [0.3, 0.4) is 0 Å². The Kier molecular flexibility index (Phi) is 6.43. The smallest absolute Gasteiger partial charge is 0.247 e. The van der Waals surface area contributed by atoms with Gasteiger partial charge >= 0.3 is 0 Å². The third kappa shape index (κ3) is 6.47. The third-order valence-corrected chi connectivity index (χ3v) is 1.41. The first kappa shape index (κ1) is 12.3. The highest BCUT2D eigenvalue weighted by atomic mass is 16.5. The molecule has 5 N–H and O–H groups in total. The van der Waals surface area contributed by atoms with Gasteiger partial charge in [0, 0.05) is 20.2 Å². The van der Waals surface area contributed by atoms with E-state index in [9.17, 15) is 4.79 Å². The van der Waals surface area contributed by atoms with Crippen molar-refractivity contribution in [2.45, 2.75) is 12.2 Å². The molecule has 0 saturated heterocycles. The highest BCUT2D eigenvalue weighted by Crippen LogP contribution is 1.82. The van der Waals surface area contributed by atoms with Gasteiger partial charge in [-0.1, -0.05) is 0 Å². The summed E-state index contributed by atoms with van der Waals surface area (Å²) in [7, 11) is 1.47. The van der Waals surface area contributed by atoms with E-state index in [1.807, 2.05) is 0 Å². The summed E-state index contributed by atoms with van der Waals surface area (Å²) in [5.41, 5.74) is 4.80. The van der Waals surface area contributed by atoms with E-state index in [2.05, 4.69) is 10.1 Å². The fourth-order valence-corrected chi connectivity index (χ4v) is 0.739. The first-order chi connectivity index (χ1) is 6.07. The SMILES string of the molecule is COCC(O)CNCC(O)C(N)=O. The summed E-state index contributed by atoms with van der Waals surface area (Å²) in [6.45, 7) is 0.494. The van der Waals surface area contributed by atoms with E-state index in [-0.39, 0.29) is 19.7 Å². The third-order valence-electron chi connectivity index (χ3n) is 1.41. The molecular weight excluding hydrogens is 176 g/mol. The van der Waals surface area contributed by atoms with Gasteiger partial charge in [-0.2, -0.15) is 0 Å². The minimum Gasteiger partial charge on any atom is -0.389 e. The Morgan fingerprint density at radius 2 is 2.15 bits per heavy atom. The Morgan fingerprint density at radius 3 is 2.62 bits per heavy atom. The Labute approximate surface area is 76.7 Å². The van der Waals surface area contributed by atoms with Crippen LogP contribution >= 0.6 is 0 Å². The summed E-state index contributed by atoms with van der Waals surface area (Å²) in [4.78, 5) is 10.3. The number of aliphatic hydroxyl groups is 2. The molecule has 2 unspecified atom stereocenters. The Balaban J connectivity index is 3.39.